The molecule has 0 amide bonds. The molecule has 0 aromatic heterocycles. The molecule has 19 heavy (non-hydrogen) atoms. The van der Waals surface area contributed by atoms with E-state index in [1.54, 1.807) is 6.92 Å². The SMILES string of the molecule is CCOC(=O)COCCN1CCN(C(C)(C)C)CC1. The van der Waals surface area contributed by atoms with E-state index in [1.807, 2.05) is 0 Å². The molecule has 112 valence electrons. The van der Waals surface area contributed by atoms with E-state index >= 15 is 0 Å². The first kappa shape index (κ1) is 16.4. The fourth-order valence-electron chi connectivity index (χ4n) is 2.19. The highest BCUT2D eigenvalue weighted by Crippen LogP contribution is 2.15. The van der Waals surface area contributed by atoms with Crippen molar-refractivity contribution in [3.63, 3.8) is 0 Å². The number of hydrogen-bond donors (Lipinski definition) is 0. The number of hydrogen-bond acceptors (Lipinski definition) is 5. The molecule has 1 aliphatic rings. The van der Waals surface area contributed by atoms with Crippen LogP contribution in [0.1, 0.15) is 27.7 Å². The highest BCUT2D eigenvalue weighted by atomic mass is 16.6. The molecule has 0 aromatic rings. The summed E-state index contributed by atoms with van der Waals surface area (Å²) < 4.78 is 10.1. The van der Waals surface area contributed by atoms with Gasteiger partial charge in [-0.2, -0.15) is 0 Å². The molecule has 1 heterocycles. The number of piperazine rings is 1. The van der Waals surface area contributed by atoms with E-state index in [4.69, 9.17) is 9.47 Å². The number of nitrogens with zero attached hydrogens (tertiary/aromatic N) is 2. The third-order valence-corrected chi connectivity index (χ3v) is 3.40. The highest BCUT2D eigenvalue weighted by Gasteiger charge is 2.25. The first-order valence-electron chi connectivity index (χ1n) is 7.14. The van der Waals surface area contributed by atoms with Crippen LogP contribution in [-0.2, 0) is 14.3 Å². The van der Waals surface area contributed by atoms with Crippen molar-refractivity contribution in [2.24, 2.45) is 0 Å². The van der Waals surface area contributed by atoms with Crippen LogP contribution < -0.4 is 0 Å². The van der Waals surface area contributed by atoms with Crippen LogP contribution in [0.25, 0.3) is 0 Å². The summed E-state index contributed by atoms with van der Waals surface area (Å²) in [5, 5.41) is 0. The second-order valence-corrected chi connectivity index (χ2v) is 5.86. The van der Waals surface area contributed by atoms with Crippen molar-refractivity contribution in [2.45, 2.75) is 33.2 Å². The molecular formula is C14H28N2O3. The van der Waals surface area contributed by atoms with Crippen molar-refractivity contribution in [1.82, 2.24) is 9.80 Å². The summed E-state index contributed by atoms with van der Waals surface area (Å²) in [7, 11) is 0. The topological polar surface area (TPSA) is 42.0 Å². The lowest BCUT2D eigenvalue weighted by Crippen LogP contribution is -2.53. The number of rotatable bonds is 6. The number of carbonyl (C=O) groups is 1. The van der Waals surface area contributed by atoms with E-state index in [1.165, 1.54) is 0 Å². The third-order valence-electron chi connectivity index (χ3n) is 3.40. The smallest absolute Gasteiger partial charge is 0.332 e. The van der Waals surface area contributed by atoms with Crippen LogP contribution in [0, 0.1) is 0 Å². The molecule has 1 rings (SSSR count). The van der Waals surface area contributed by atoms with Gasteiger partial charge in [-0.1, -0.05) is 0 Å². The zero-order chi connectivity index (χ0) is 14.3. The molecule has 1 aliphatic heterocycles. The van der Waals surface area contributed by atoms with Crippen LogP contribution >= 0.6 is 0 Å². The highest BCUT2D eigenvalue weighted by molar-refractivity contribution is 5.70. The Kier molecular flexibility index (Phi) is 6.75. The summed E-state index contributed by atoms with van der Waals surface area (Å²) in [6.45, 7) is 14.9. The minimum atomic E-state index is -0.278. The lowest BCUT2D eigenvalue weighted by atomic mass is 10.1. The van der Waals surface area contributed by atoms with E-state index in [9.17, 15) is 4.79 Å². The molecule has 0 bridgehead atoms. The molecule has 0 spiro atoms. The van der Waals surface area contributed by atoms with Gasteiger partial charge in [-0.15, -0.1) is 0 Å². The summed E-state index contributed by atoms with van der Waals surface area (Å²) in [6, 6.07) is 0. The zero-order valence-corrected chi connectivity index (χ0v) is 12.8. The van der Waals surface area contributed by atoms with Gasteiger partial charge in [-0.05, 0) is 27.7 Å². The standard InChI is InChI=1S/C14H28N2O3/c1-5-19-13(17)12-18-11-10-15-6-8-16(9-7-15)14(2,3)4/h5-12H2,1-4H3. The molecule has 0 radical (unpaired) electrons. The molecule has 1 fully saturated rings. The largest absolute Gasteiger partial charge is 0.464 e. The third kappa shape index (κ3) is 6.36. The minimum absolute atomic E-state index is 0.0653. The Labute approximate surface area is 116 Å². The van der Waals surface area contributed by atoms with Crippen molar-refractivity contribution in [3.05, 3.63) is 0 Å². The van der Waals surface area contributed by atoms with Crippen LogP contribution in [0.5, 0.6) is 0 Å². The molecule has 1 saturated heterocycles. The minimum Gasteiger partial charge on any atom is -0.464 e. The average molecular weight is 272 g/mol. The van der Waals surface area contributed by atoms with E-state index in [2.05, 4.69) is 30.6 Å². The average Bonchev–Trinajstić information content (AvgIpc) is 2.34. The second-order valence-electron chi connectivity index (χ2n) is 5.86. The second kappa shape index (κ2) is 7.82. The molecule has 0 N–H and O–H groups in total. The normalized spacial score (nSPS) is 18.5. The van der Waals surface area contributed by atoms with Gasteiger partial charge in [0.2, 0.25) is 0 Å². The maximum absolute atomic E-state index is 11.1. The first-order valence-corrected chi connectivity index (χ1v) is 7.14. The van der Waals surface area contributed by atoms with Gasteiger partial charge in [0.25, 0.3) is 0 Å². The van der Waals surface area contributed by atoms with Crippen LogP contribution in [-0.4, -0.2) is 73.9 Å². The first-order chi connectivity index (χ1) is 8.93. The fraction of sp³-hybridized carbons (Fsp3) is 0.929. The molecule has 0 aromatic carbocycles. The van der Waals surface area contributed by atoms with Crippen LogP contribution in [0.2, 0.25) is 0 Å². The molecule has 5 heteroatoms. The molecule has 0 saturated carbocycles. The van der Waals surface area contributed by atoms with Gasteiger partial charge >= 0.3 is 5.97 Å². The van der Waals surface area contributed by atoms with Gasteiger partial charge in [0.05, 0.1) is 13.2 Å². The zero-order valence-electron chi connectivity index (χ0n) is 12.8. The van der Waals surface area contributed by atoms with Gasteiger partial charge in [0.15, 0.2) is 0 Å². The maximum atomic E-state index is 11.1. The van der Waals surface area contributed by atoms with Crippen molar-refractivity contribution in [2.75, 3.05) is 52.5 Å². The Hall–Kier alpha value is -0.650. The predicted octanol–water partition coefficient (Wildman–Crippen LogP) is 0.982. The van der Waals surface area contributed by atoms with Gasteiger partial charge in [0.1, 0.15) is 6.61 Å². The van der Waals surface area contributed by atoms with E-state index in [0.717, 1.165) is 32.7 Å². The van der Waals surface area contributed by atoms with E-state index < -0.39 is 0 Å². The van der Waals surface area contributed by atoms with Crippen molar-refractivity contribution in [3.8, 4) is 0 Å². The molecular weight excluding hydrogens is 244 g/mol. The fourth-order valence-corrected chi connectivity index (χ4v) is 2.19. The summed E-state index contributed by atoms with van der Waals surface area (Å²) in [4.78, 5) is 16.0. The molecule has 0 aliphatic carbocycles. The lowest BCUT2D eigenvalue weighted by molar-refractivity contribution is -0.148. The monoisotopic (exact) mass is 272 g/mol. The van der Waals surface area contributed by atoms with Gasteiger partial charge in [-0.3, -0.25) is 9.80 Å². The van der Waals surface area contributed by atoms with E-state index in [-0.39, 0.29) is 18.1 Å². The summed E-state index contributed by atoms with van der Waals surface area (Å²) in [5.41, 5.74) is 0.256. The number of ether oxygens (including phenoxy) is 2. The number of esters is 1. The van der Waals surface area contributed by atoms with Crippen molar-refractivity contribution >= 4 is 5.97 Å². The van der Waals surface area contributed by atoms with Crippen LogP contribution in [0.4, 0.5) is 0 Å². The quantitative estimate of drug-likeness (QED) is 0.533. The Morgan fingerprint density at radius 3 is 2.32 bits per heavy atom. The van der Waals surface area contributed by atoms with E-state index in [0.29, 0.717) is 13.2 Å². The van der Waals surface area contributed by atoms with Crippen molar-refractivity contribution in [1.29, 1.82) is 0 Å². The summed E-state index contributed by atoms with van der Waals surface area (Å²) >= 11 is 0. The van der Waals surface area contributed by atoms with Gasteiger partial charge < -0.3 is 9.47 Å². The van der Waals surface area contributed by atoms with Crippen LogP contribution in [0.15, 0.2) is 0 Å². The van der Waals surface area contributed by atoms with Crippen molar-refractivity contribution < 1.29 is 14.3 Å². The Morgan fingerprint density at radius 1 is 1.16 bits per heavy atom. The molecule has 0 atom stereocenters. The van der Waals surface area contributed by atoms with Gasteiger partial charge in [-0.25, -0.2) is 4.79 Å². The summed E-state index contributed by atoms with van der Waals surface area (Å²) in [6.07, 6.45) is 0. The molecule has 5 nitrogen and oxygen atoms in total. The Morgan fingerprint density at radius 2 is 1.79 bits per heavy atom. The Bertz CT molecular complexity index is 268. The molecule has 0 unspecified atom stereocenters. The maximum Gasteiger partial charge on any atom is 0.332 e. The summed E-state index contributed by atoms with van der Waals surface area (Å²) in [5.74, 6) is -0.278. The van der Waals surface area contributed by atoms with Gasteiger partial charge in [0, 0.05) is 38.3 Å². The Balaban J connectivity index is 2.08. The van der Waals surface area contributed by atoms with Crippen LogP contribution in [0.3, 0.4) is 0 Å². The lowest BCUT2D eigenvalue weighted by Gasteiger charge is -2.42. The number of carbonyl (C=O) groups excluding carboxylic acids is 1. The predicted molar refractivity (Wildman–Crippen MR) is 75.2 cm³/mol.